The van der Waals surface area contributed by atoms with Gasteiger partial charge in [-0.2, -0.15) is 5.26 Å². The third kappa shape index (κ3) is 5.88. The molecule has 2 aliphatic rings. The summed E-state index contributed by atoms with van der Waals surface area (Å²) in [5.74, 6) is 1.01. The molecule has 0 spiro atoms. The minimum Gasteiger partial charge on any atom is -0.489 e. The minimum absolute atomic E-state index is 0.131. The first-order valence-corrected chi connectivity index (χ1v) is 13.5. The number of ether oxygens (including phenoxy) is 1. The fourth-order valence-electron chi connectivity index (χ4n) is 6.01. The number of carbonyl (C=O) groups excluding carboxylic acids is 1. The van der Waals surface area contributed by atoms with E-state index in [1.807, 2.05) is 11.9 Å². The number of nitrogens with one attached hydrogen (secondary N) is 2. The van der Waals surface area contributed by atoms with Crippen molar-refractivity contribution >= 4 is 23.5 Å². The lowest BCUT2D eigenvalue weighted by Crippen LogP contribution is -2.74. The summed E-state index contributed by atoms with van der Waals surface area (Å²) in [4.78, 5) is 26.5. The second kappa shape index (κ2) is 11.4. The van der Waals surface area contributed by atoms with Gasteiger partial charge >= 0.3 is 0 Å². The highest BCUT2D eigenvalue weighted by Crippen LogP contribution is 2.55. The smallest absolute Gasteiger partial charge is 0.254 e. The molecule has 2 aromatic rings. The van der Waals surface area contributed by atoms with Crippen molar-refractivity contribution in [1.29, 1.82) is 5.26 Å². The van der Waals surface area contributed by atoms with E-state index in [9.17, 15) is 4.79 Å². The van der Waals surface area contributed by atoms with Crippen LogP contribution in [0.1, 0.15) is 50.0 Å². The molecular weight excluding hydrogens is 502 g/mol. The number of halogens is 1. The van der Waals surface area contributed by atoms with Crippen molar-refractivity contribution in [3.63, 3.8) is 0 Å². The van der Waals surface area contributed by atoms with Crippen LogP contribution in [0.2, 0.25) is 5.02 Å². The molecule has 2 fully saturated rings. The van der Waals surface area contributed by atoms with Crippen molar-refractivity contribution in [2.24, 2.45) is 10.8 Å². The molecular formula is C28H38ClN7O2. The summed E-state index contributed by atoms with van der Waals surface area (Å²) in [6.07, 6.45) is 4.05. The lowest BCUT2D eigenvalue weighted by Gasteiger charge is -2.63. The summed E-state index contributed by atoms with van der Waals surface area (Å²) in [5, 5.41) is 16.0. The van der Waals surface area contributed by atoms with Crippen LogP contribution in [0.5, 0.6) is 5.75 Å². The van der Waals surface area contributed by atoms with Crippen molar-refractivity contribution in [2.75, 3.05) is 51.2 Å². The zero-order chi connectivity index (χ0) is 27.5. The highest BCUT2D eigenvalue weighted by atomic mass is 35.5. The maximum atomic E-state index is 13.1. The molecule has 4 rings (SSSR count). The number of nitriles is 1. The molecule has 1 aliphatic heterocycles. The van der Waals surface area contributed by atoms with Crippen LogP contribution in [-0.2, 0) is 0 Å². The molecule has 1 saturated carbocycles. The number of benzene rings is 1. The lowest BCUT2D eigenvalue weighted by atomic mass is 9.49. The summed E-state index contributed by atoms with van der Waals surface area (Å²) in [7, 11) is 1.98. The topological polar surface area (TPSA) is 106 Å². The zero-order valence-corrected chi connectivity index (χ0v) is 23.7. The van der Waals surface area contributed by atoms with E-state index in [1.165, 1.54) is 0 Å². The van der Waals surface area contributed by atoms with Gasteiger partial charge in [0.05, 0.1) is 16.1 Å². The Labute approximate surface area is 230 Å². The monoisotopic (exact) mass is 539 g/mol. The molecule has 0 radical (unpaired) electrons. The van der Waals surface area contributed by atoms with E-state index in [0.717, 1.165) is 45.7 Å². The molecule has 0 bridgehead atoms. The first-order valence-electron chi connectivity index (χ1n) is 13.2. The summed E-state index contributed by atoms with van der Waals surface area (Å²) in [6, 6.07) is 7.00. The van der Waals surface area contributed by atoms with E-state index >= 15 is 0 Å². The summed E-state index contributed by atoms with van der Waals surface area (Å²) in [6.45, 7) is 14.5. The number of anilines is 1. The van der Waals surface area contributed by atoms with E-state index in [2.05, 4.69) is 59.3 Å². The molecule has 204 valence electrons. The van der Waals surface area contributed by atoms with E-state index in [0.29, 0.717) is 27.8 Å². The van der Waals surface area contributed by atoms with Crippen LogP contribution in [0, 0.1) is 22.2 Å². The van der Waals surface area contributed by atoms with Gasteiger partial charge in [0.2, 0.25) is 5.95 Å². The summed E-state index contributed by atoms with van der Waals surface area (Å²) < 4.78 is 6.31. The maximum Gasteiger partial charge on any atom is 0.254 e. The third-order valence-electron chi connectivity index (χ3n) is 7.85. The Kier molecular flexibility index (Phi) is 8.46. The van der Waals surface area contributed by atoms with Crippen molar-refractivity contribution in [3.8, 4) is 11.8 Å². The van der Waals surface area contributed by atoms with Crippen LogP contribution in [0.4, 0.5) is 5.95 Å². The molecule has 38 heavy (non-hydrogen) atoms. The molecule has 1 saturated heterocycles. The maximum absolute atomic E-state index is 13.1. The highest BCUT2D eigenvalue weighted by molar-refractivity contribution is 6.31. The average Bonchev–Trinajstić information content (AvgIpc) is 2.90. The first kappa shape index (κ1) is 28.1. The van der Waals surface area contributed by atoms with Crippen molar-refractivity contribution in [2.45, 2.75) is 46.3 Å². The molecule has 1 aromatic heterocycles. The molecule has 1 aromatic carbocycles. The van der Waals surface area contributed by atoms with E-state index in [-0.39, 0.29) is 28.9 Å². The second-order valence-corrected chi connectivity index (χ2v) is 11.8. The zero-order valence-electron chi connectivity index (χ0n) is 22.9. The molecule has 10 heteroatoms. The lowest BCUT2D eigenvalue weighted by molar-refractivity contribution is -0.164. The number of nitrogens with zero attached hydrogens (tertiary/aromatic N) is 5. The number of hydrogen-bond donors (Lipinski definition) is 2. The van der Waals surface area contributed by atoms with Gasteiger partial charge in [0, 0.05) is 75.1 Å². The van der Waals surface area contributed by atoms with Crippen LogP contribution in [0.3, 0.4) is 0 Å². The SMILES string of the molecule is CN(CCCN1CCNCC1)c1ncc(C(=O)N[C@H]2C(C)(C)[C@H](Oc3ccc(C#N)c(Cl)c3)C2(C)C)cn1. The Morgan fingerprint density at radius 3 is 2.50 bits per heavy atom. The van der Waals surface area contributed by atoms with Gasteiger partial charge in [-0.25, -0.2) is 9.97 Å². The molecule has 1 aliphatic carbocycles. The number of aromatic nitrogens is 2. The molecule has 1 amide bonds. The molecule has 9 nitrogen and oxygen atoms in total. The average molecular weight is 540 g/mol. The Bertz CT molecular complexity index is 1160. The number of piperazine rings is 1. The summed E-state index contributed by atoms with van der Waals surface area (Å²) in [5.41, 5.74) is 0.152. The molecule has 2 heterocycles. The van der Waals surface area contributed by atoms with Gasteiger partial charge in [0.15, 0.2) is 0 Å². The van der Waals surface area contributed by atoms with Gasteiger partial charge in [-0.15, -0.1) is 0 Å². The Morgan fingerprint density at radius 1 is 1.24 bits per heavy atom. The Morgan fingerprint density at radius 2 is 1.89 bits per heavy atom. The normalized spacial score (nSPS) is 22.1. The molecule has 0 unspecified atom stereocenters. The van der Waals surface area contributed by atoms with Gasteiger partial charge in [-0.3, -0.25) is 4.79 Å². The van der Waals surface area contributed by atoms with Crippen LogP contribution in [0.15, 0.2) is 30.6 Å². The number of amides is 1. The predicted octanol–water partition coefficient (Wildman–Crippen LogP) is 3.35. The number of hydrogen-bond acceptors (Lipinski definition) is 8. The predicted molar refractivity (Wildman–Crippen MR) is 149 cm³/mol. The van der Waals surface area contributed by atoms with E-state index in [4.69, 9.17) is 21.6 Å². The fourth-order valence-corrected chi connectivity index (χ4v) is 6.22. The number of carbonyl (C=O) groups is 1. The van der Waals surface area contributed by atoms with E-state index < -0.39 is 0 Å². The largest absolute Gasteiger partial charge is 0.489 e. The van der Waals surface area contributed by atoms with Crippen LogP contribution < -0.4 is 20.3 Å². The van der Waals surface area contributed by atoms with Crippen molar-refractivity contribution in [3.05, 3.63) is 46.7 Å². The van der Waals surface area contributed by atoms with Crippen molar-refractivity contribution < 1.29 is 9.53 Å². The van der Waals surface area contributed by atoms with Gasteiger partial charge in [-0.05, 0) is 25.1 Å². The van der Waals surface area contributed by atoms with Gasteiger partial charge in [0.25, 0.3) is 5.91 Å². The van der Waals surface area contributed by atoms with Crippen molar-refractivity contribution in [1.82, 2.24) is 25.5 Å². The fraction of sp³-hybridized carbons (Fsp3) is 0.571. The molecule has 0 atom stereocenters. The Balaban J connectivity index is 1.32. The van der Waals surface area contributed by atoms with E-state index in [1.54, 1.807) is 30.6 Å². The van der Waals surface area contributed by atoms with Crippen LogP contribution >= 0.6 is 11.6 Å². The van der Waals surface area contributed by atoms with Gasteiger partial charge in [-0.1, -0.05) is 39.3 Å². The quantitative estimate of drug-likeness (QED) is 0.500. The Hall–Kier alpha value is -2.93. The van der Waals surface area contributed by atoms with Gasteiger partial charge < -0.3 is 25.2 Å². The number of rotatable bonds is 9. The standard InChI is InChI=1S/C28H38ClN7O2/c1-27(2)24(28(3,4)25(27)38-21-8-7-19(16-30)22(29)15-21)34-23(37)20-17-32-26(33-18-20)35(5)11-6-12-36-13-9-31-10-14-36/h7-8,15,17-18,24-25,31H,6,9-14H2,1-5H3,(H,34,37)/t24-,25-. The highest BCUT2D eigenvalue weighted by Gasteiger charge is 2.64. The van der Waals surface area contributed by atoms with Gasteiger partial charge in [0.1, 0.15) is 17.9 Å². The van der Waals surface area contributed by atoms with Crippen LogP contribution in [0.25, 0.3) is 0 Å². The third-order valence-corrected chi connectivity index (χ3v) is 8.16. The summed E-state index contributed by atoms with van der Waals surface area (Å²) >= 11 is 6.19. The minimum atomic E-state index is -0.342. The van der Waals surface area contributed by atoms with Crippen LogP contribution in [-0.4, -0.2) is 79.2 Å². The first-order chi connectivity index (χ1) is 18.0. The molecule has 2 N–H and O–H groups in total. The second-order valence-electron chi connectivity index (χ2n) is 11.4.